The molecule has 0 aromatic heterocycles. The molecule has 0 bridgehead atoms. The Morgan fingerprint density at radius 3 is 2.14 bits per heavy atom. The van der Waals surface area contributed by atoms with Gasteiger partial charge in [0, 0.05) is 0 Å². The van der Waals surface area contributed by atoms with Gasteiger partial charge in [0.2, 0.25) is 0 Å². The van der Waals surface area contributed by atoms with E-state index in [0.29, 0.717) is 0 Å². The highest BCUT2D eigenvalue weighted by Gasteiger charge is 2.09. The Kier molecular flexibility index (Phi) is 3.58. The minimum atomic E-state index is 1.18. The van der Waals surface area contributed by atoms with E-state index in [4.69, 9.17) is 0 Å². The summed E-state index contributed by atoms with van der Waals surface area (Å²) >= 11 is 0. The van der Waals surface area contributed by atoms with Gasteiger partial charge in [0.25, 0.3) is 0 Å². The lowest BCUT2D eigenvalue weighted by atomic mass is 10.2. The Balaban J connectivity index is 1.90. The highest BCUT2D eigenvalue weighted by Crippen LogP contribution is 2.14. The Labute approximate surface area is 86.7 Å². The van der Waals surface area contributed by atoms with Crippen LogP contribution in [0.5, 0.6) is 0 Å². The first kappa shape index (κ1) is 9.72. The van der Waals surface area contributed by atoms with Crippen LogP contribution >= 0.6 is 0 Å². The molecule has 2 rings (SSSR count). The maximum absolute atomic E-state index is 3.45. The quantitative estimate of drug-likeness (QED) is 0.688. The van der Waals surface area contributed by atoms with Crippen molar-refractivity contribution in [1.29, 1.82) is 0 Å². The van der Waals surface area contributed by atoms with Crippen molar-refractivity contribution in [3.05, 3.63) is 42.4 Å². The lowest BCUT2D eigenvalue weighted by Gasteiger charge is -2.17. The molecule has 1 aliphatic rings. The van der Waals surface area contributed by atoms with Crippen molar-refractivity contribution < 1.29 is 0 Å². The van der Waals surface area contributed by atoms with Gasteiger partial charge in [-0.2, -0.15) is 0 Å². The molecular formula is C13H17N. The molecule has 0 aliphatic carbocycles. The number of nitrogens with zero attached hydrogens (tertiary/aromatic N) is 1. The molecule has 1 aliphatic heterocycles. The number of benzene rings is 1. The van der Waals surface area contributed by atoms with Gasteiger partial charge in [-0.15, -0.1) is 0 Å². The predicted octanol–water partition coefficient (Wildman–Crippen LogP) is 2.95. The van der Waals surface area contributed by atoms with E-state index in [2.05, 4.69) is 35.7 Å². The SMILES string of the molecule is [C](c1ccccc1)N1CCCCCC1. The van der Waals surface area contributed by atoms with Crippen LogP contribution in [0.2, 0.25) is 0 Å². The molecular weight excluding hydrogens is 170 g/mol. The Morgan fingerprint density at radius 2 is 1.50 bits per heavy atom. The fourth-order valence-corrected chi connectivity index (χ4v) is 1.88. The largest absolute Gasteiger partial charge is 0.290 e. The molecule has 74 valence electrons. The molecule has 0 atom stereocenters. The van der Waals surface area contributed by atoms with Crippen LogP contribution in [0.1, 0.15) is 31.2 Å². The van der Waals surface area contributed by atoms with E-state index in [-0.39, 0.29) is 0 Å². The standard InChI is InChI=1S/C13H17N/c1-2-7-11-14(10-6-1)12-13-8-4-3-5-9-13/h3-5,8-9H,1-2,6-7,10-11H2. The van der Waals surface area contributed by atoms with Crippen molar-refractivity contribution in [2.75, 3.05) is 13.1 Å². The summed E-state index contributed by atoms with van der Waals surface area (Å²) in [5, 5.41) is 0. The van der Waals surface area contributed by atoms with Gasteiger partial charge in [-0.3, -0.25) is 4.90 Å². The van der Waals surface area contributed by atoms with Gasteiger partial charge in [-0.25, -0.2) is 0 Å². The molecule has 1 saturated heterocycles. The van der Waals surface area contributed by atoms with Crippen LogP contribution in [-0.2, 0) is 0 Å². The van der Waals surface area contributed by atoms with Crippen LogP contribution in [-0.4, -0.2) is 18.0 Å². The minimum absolute atomic E-state index is 1.18. The minimum Gasteiger partial charge on any atom is -0.290 e. The molecule has 1 heterocycles. The van der Waals surface area contributed by atoms with Crippen LogP contribution in [0.3, 0.4) is 0 Å². The molecule has 0 saturated carbocycles. The van der Waals surface area contributed by atoms with Gasteiger partial charge in [0.1, 0.15) is 0 Å². The molecule has 1 aromatic carbocycles. The number of likely N-dealkylation sites (tertiary alicyclic amines) is 1. The van der Waals surface area contributed by atoms with Crippen molar-refractivity contribution in [2.24, 2.45) is 0 Å². The first-order valence-corrected chi connectivity index (χ1v) is 5.52. The van der Waals surface area contributed by atoms with Crippen molar-refractivity contribution >= 4 is 0 Å². The smallest absolute Gasteiger partial charge is 0.0963 e. The summed E-state index contributed by atoms with van der Waals surface area (Å²) in [6, 6.07) is 10.4. The van der Waals surface area contributed by atoms with Crippen LogP contribution in [0, 0.1) is 6.54 Å². The van der Waals surface area contributed by atoms with Gasteiger partial charge in [0.15, 0.2) is 0 Å². The maximum atomic E-state index is 3.45. The summed E-state index contributed by atoms with van der Waals surface area (Å²) in [6.45, 7) is 5.81. The average Bonchev–Trinajstić information content (AvgIpc) is 2.48. The Hall–Kier alpha value is -0.820. The third-order valence-corrected chi connectivity index (χ3v) is 2.67. The highest BCUT2D eigenvalue weighted by atomic mass is 15.1. The molecule has 1 nitrogen and oxygen atoms in total. The second kappa shape index (κ2) is 5.16. The zero-order valence-corrected chi connectivity index (χ0v) is 8.58. The van der Waals surface area contributed by atoms with E-state index >= 15 is 0 Å². The Morgan fingerprint density at radius 1 is 0.857 bits per heavy atom. The molecule has 0 spiro atoms. The van der Waals surface area contributed by atoms with Crippen LogP contribution in [0.4, 0.5) is 0 Å². The Bertz CT molecular complexity index is 247. The van der Waals surface area contributed by atoms with Crippen molar-refractivity contribution in [1.82, 2.24) is 4.90 Å². The molecule has 0 unspecified atom stereocenters. The third-order valence-electron chi connectivity index (χ3n) is 2.67. The highest BCUT2D eigenvalue weighted by molar-refractivity contribution is 5.21. The van der Waals surface area contributed by atoms with E-state index in [1.54, 1.807) is 0 Å². The summed E-state index contributed by atoms with van der Waals surface area (Å²) in [6.07, 6.45) is 5.40. The topological polar surface area (TPSA) is 3.24 Å². The molecule has 0 amide bonds. The second-order valence-electron chi connectivity index (χ2n) is 3.88. The fourth-order valence-electron chi connectivity index (χ4n) is 1.88. The second-order valence-corrected chi connectivity index (χ2v) is 3.88. The van der Waals surface area contributed by atoms with E-state index in [1.165, 1.54) is 44.3 Å². The van der Waals surface area contributed by atoms with Crippen molar-refractivity contribution in [3.63, 3.8) is 0 Å². The van der Waals surface area contributed by atoms with Crippen molar-refractivity contribution in [2.45, 2.75) is 25.7 Å². The zero-order chi connectivity index (χ0) is 9.64. The average molecular weight is 187 g/mol. The van der Waals surface area contributed by atoms with E-state index in [0.717, 1.165) is 0 Å². The molecule has 1 aromatic rings. The van der Waals surface area contributed by atoms with Crippen molar-refractivity contribution in [3.8, 4) is 0 Å². The summed E-state index contributed by atoms with van der Waals surface area (Å²) in [7, 11) is 0. The van der Waals surface area contributed by atoms with E-state index < -0.39 is 0 Å². The molecule has 2 radical (unpaired) electrons. The van der Waals surface area contributed by atoms with Gasteiger partial charge < -0.3 is 0 Å². The summed E-state index contributed by atoms with van der Waals surface area (Å²) in [5.74, 6) is 0. The third kappa shape index (κ3) is 2.85. The summed E-state index contributed by atoms with van der Waals surface area (Å²) in [4.78, 5) is 2.34. The van der Waals surface area contributed by atoms with Crippen LogP contribution < -0.4 is 0 Å². The number of hydrogen-bond acceptors (Lipinski definition) is 1. The first-order chi connectivity index (χ1) is 6.95. The molecule has 0 N–H and O–H groups in total. The lowest BCUT2D eigenvalue weighted by Crippen LogP contribution is -2.21. The normalized spacial score (nSPS) is 19.1. The predicted molar refractivity (Wildman–Crippen MR) is 58.8 cm³/mol. The van der Waals surface area contributed by atoms with Gasteiger partial charge in [0.05, 0.1) is 6.54 Å². The number of rotatable bonds is 2. The monoisotopic (exact) mass is 187 g/mol. The maximum Gasteiger partial charge on any atom is 0.0963 e. The van der Waals surface area contributed by atoms with Gasteiger partial charge in [-0.05, 0) is 31.5 Å². The molecule has 1 heteroatoms. The van der Waals surface area contributed by atoms with Crippen LogP contribution in [0.25, 0.3) is 0 Å². The number of hydrogen-bond donors (Lipinski definition) is 0. The van der Waals surface area contributed by atoms with E-state index in [1.807, 2.05) is 6.07 Å². The van der Waals surface area contributed by atoms with Crippen LogP contribution in [0.15, 0.2) is 30.3 Å². The van der Waals surface area contributed by atoms with Gasteiger partial charge in [-0.1, -0.05) is 43.2 Å². The molecule has 1 fully saturated rings. The van der Waals surface area contributed by atoms with Gasteiger partial charge >= 0.3 is 0 Å². The van der Waals surface area contributed by atoms with E-state index in [9.17, 15) is 0 Å². The molecule has 14 heavy (non-hydrogen) atoms. The lowest BCUT2D eigenvalue weighted by molar-refractivity contribution is 0.359. The summed E-state index contributed by atoms with van der Waals surface area (Å²) < 4.78 is 0. The zero-order valence-electron chi connectivity index (χ0n) is 8.58. The fraction of sp³-hybridized carbons (Fsp3) is 0.462. The summed E-state index contributed by atoms with van der Waals surface area (Å²) in [5.41, 5.74) is 1.20. The first-order valence-electron chi connectivity index (χ1n) is 5.52.